The summed E-state index contributed by atoms with van der Waals surface area (Å²) < 4.78 is 0. The number of hydrogen-bond acceptors (Lipinski definition) is 4. The van der Waals surface area contributed by atoms with Crippen LogP contribution in [0.2, 0.25) is 0 Å². The molecule has 0 atom stereocenters. The molecule has 4 nitrogen and oxygen atoms in total. The Morgan fingerprint density at radius 2 is 2.19 bits per heavy atom. The number of rotatable bonds is 2. The fraction of sp³-hybridized carbons (Fsp3) is 0.182. The minimum Gasteiger partial charge on any atom is -0.364 e. The van der Waals surface area contributed by atoms with Crippen LogP contribution in [0.1, 0.15) is 21.1 Å². The van der Waals surface area contributed by atoms with Gasteiger partial charge in [0.15, 0.2) is 5.01 Å². The predicted molar refractivity (Wildman–Crippen MR) is 63.3 cm³/mol. The van der Waals surface area contributed by atoms with E-state index in [0.29, 0.717) is 5.01 Å². The van der Waals surface area contributed by atoms with Crippen LogP contribution in [-0.2, 0) is 0 Å². The summed E-state index contributed by atoms with van der Waals surface area (Å²) in [6.07, 6.45) is 3.52. The molecule has 82 valence electrons. The third kappa shape index (κ3) is 1.81. The molecule has 0 aliphatic heterocycles. The average molecular weight is 233 g/mol. The molecule has 0 aromatic carbocycles. The second-order valence-corrected chi connectivity index (χ2v) is 4.49. The van der Waals surface area contributed by atoms with Gasteiger partial charge in [-0.1, -0.05) is 0 Å². The number of aromatic nitrogens is 2. The van der Waals surface area contributed by atoms with Gasteiger partial charge in [-0.3, -0.25) is 9.78 Å². The Kier molecular flexibility index (Phi) is 2.70. The number of thiazole rings is 1. The number of carbonyl (C=O) groups excluding carboxylic acids is 1. The summed E-state index contributed by atoms with van der Waals surface area (Å²) in [5.41, 5.74) is 8.15. The quantitative estimate of drug-likeness (QED) is 0.861. The van der Waals surface area contributed by atoms with Crippen molar-refractivity contribution in [3.63, 3.8) is 0 Å². The maximum Gasteiger partial charge on any atom is 0.277 e. The van der Waals surface area contributed by atoms with Crippen molar-refractivity contribution in [2.24, 2.45) is 5.73 Å². The zero-order chi connectivity index (χ0) is 11.7. The van der Waals surface area contributed by atoms with E-state index in [0.717, 1.165) is 21.7 Å². The van der Waals surface area contributed by atoms with Gasteiger partial charge in [0.1, 0.15) is 0 Å². The van der Waals surface area contributed by atoms with E-state index in [9.17, 15) is 4.79 Å². The highest BCUT2D eigenvalue weighted by molar-refractivity contribution is 7.17. The van der Waals surface area contributed by atoms with E-state index in [-0.39, 0.29) is 0 Å². The summed E-state index contributed by atoms with van der Waals surface area (Å²) in [6, 6.07) is 1.92. The predicted octanol–water partition coefficient (Wildman–Crippen LogP) is 1.92. The lowest BCUT2D eigenvalue weighted by atomic mass is 10.1. The van der Waals surface area contributed by atoms with E-state index in [1.54, 1.807) is 12.4 Å². The van der Waals surface area contributed by atoms with Gasteiger partial charge in [0.25, 0.3) is 5.91 Å². The number of nitrogens with two attached hydrogens (primary N) is 1. The van der Waals surface area contributed by atoms with Gasteiger partial charge in [-0.2, -0.15) is 0 Å². The number of carbonyl (C=O) groups is 1. The number of primary amides is 1. The van der Waals surface area contributed by atoms with Gasteiger partial charge >= 0.3 is 0 Å². The normalized spacial score (nSPS) is 10.4. The fourth-order valence-corrected chi connectivity index (χ4v) is 2.49. The molecule has 0 saturated carbocycles. The highest BCUT2D eigenvalue weighted by Crippen LogP contribution is 2.31. The first-order chi connectivity index (χ1) is 7.59. The van der Waals surface area contributed by atoms with Crippen molar-refractivity contribution < 1.29 is 4.79 Å². The van der Waals surface area contributed by atoms with Gasteiger partial charge in [-0.15, -0.1) is 11.3 Å². The molecule has 0 spiro atoms. The summed E-state index contributed by atoms with van der Waals surface area (Å²) in [6.45, 7) is 3.85. The molecule has 2 aromatic heterocycles. The Balaban J connectivity index is 2.57. The van der Waals surface area contributed by atoms with E-state index < -0.39 is 5.91 Å². The SMILES string of the molecule is Cc1cnccc1-c1sc(C(N)=O)nc1C. The van der Waals surface area contributed by atoms with Crippen LogP contribution in [0.25, 0.3) is 10.4 Å². The molecule has 2 N–H and O–H groups in total. The van der Waals surface area contributed by atoms with Gasteiger partial charge in [-0.05, 0) is 31.0 Å². The Labute approximate surface area is 97.2 Å². The fourth-order valence-electron chi connectivity index (χ4n) is 1.48. The Morgan fingerprint density at radius 3 is 2.75 bits per heavy atom. The van der Waals surface area contributed by atoms with Gasteiger partial charge in [0.05, 0.1) is 10.6 Å². The van der Waals surface area contributed by atoms with Crippen molar-refractivity contribution >= 4 is 17.2 Å². The zero-order valence-electron chi connectivity index (χ0n) is 9.02. The average Bonchev–Trinajstić information content (AvgIpc) is 2.61. The molecule has 0 radical (unpaired) electrons. The monoisotopic (exact) mass is 233 g/mol. The Morgan fingerprint density at radius 1 is 1.44 bits per heavy atom. The third-order valence-electron chi connectivity index (χ3n) is 2.27. The summed E-state index contributed by atoms with van der Waals surface area (Å²) in [5.74, 6) is -0.481. The second-order valence-electron chi connectivity index (χ2n) is 3.49. The van der Waals surface area contributed by atoms with Crippen LogP contribution in [0.15, 0.2) is 18.5 Å². The first kappa shape index (κ1) is 10.8. The van der Waals surface area contributed by atoms with Crippen LogP contribution < -0.4 is 5.73 Å². The van der Waals surface area contributed by atoms with E-state index in [1.807, 2.05) is 19.9 Å². The molecule has 2 aromatic rings. The maximum absolute atomic E-state index is 11.0. The minimum atomic E-state index is -0.481. The van der Waals surface area contributed by atoms with Crippen molar-refractivity contribution in [3.8, 4) is 10.4 Å². The highest BCUT2D eigenvalue weighted by atomic mass is 32.1. The number of nitrogens with zero attached hydrogens (tertiary/aromatic N) is 2. The van der Waals surface area contributed by atoms with Crippen LogP contribution >= 0.6 is 11.3 Å². The van der Waals surface area contributed by atoms with E-state index >= 15 is 0 Å². The molecule has 0 aliphatic carbocycles. The maximum atomic E-state index is 11.0. The second kappa shape index (κ2) is 4.02. The number of hydrogen-bond donors (Lipinski definition) is 1. The van der Waals surface area contributed by atoms with Crippen molar-refractivity contribution in [1.29, 1.82) is 0 Å². The third-order valence-corrected chi connectivity index (χ3v) is 3.48. The lowest BCUT2D eigenvalue weighted by Gasteiger charge is -2.01. The van der Waals surface area contributed by atoms with E-state index in [4.69, 9.17) is 5.73 Å². The molecule has 0 bridgehead atoms. The van der Waals surface area contributed by atoms with Gasteiger partial charge < -0.3 is 5.73 Å². The molecule has 1 amide bonds. The highest BCUT2D eigenvalue weighted by Gasteiger charge is 2.14. The topological polar surface area (TPSA) is 68.9 Å². The first-order valence-electron chi connectivity index (χ1n) is 4.78. The molecular weight excluding hydrogens is 222 g/mol. The van der Waals surface area contributed by atoms with Crippen LogP contribution in [0.5, 0.6) is 0 Å². The molecule has 0 unspecified atom stereocenters. The zero-order valence-corrected chi connectivity index (χ0v) is 9.84. The largest absolute Gasteiger partial charge is 0.364 e. The lowest BCUT2D eigenvalue weighted by molar-refractivity contribution is 0.1000. The van der Waals surface area contributed by atoms with Crippen LogP contribution in [0.4, 0.5) is 0 Å². The smallest absolute Gasteiger partial charge is 0.277 e. The molecule has 0 saturated heterocycles. The lowest BCUT2D eigenvalue weighted by Crippen LogP contribution is -2.10. The van der Waals surface area contributed by atoms with Crippen molar-refractivity contribution in [2.75, 3.05) is 0 Å². The van der Waals surface area contributed by atoms with Crippen LogP contribution in [0, 0.1) is 13.8 Å². The molecule has 2 rings (SSSR count). The van der Waals surface area contributed by atoms with Gasteiger partial charge in [0, 0.05) is 12.4 Å². The molecule has 5 heteroatoms. The van der Waals surface area contributed by atoms with E-state index in [1.165, 1.54) is 11.3 Å². The number of aryl methyl sites for hydroxylation is 2. The molecule has 0 fully saturated rings. The van der Waals surface area contributed by atoms with Gasteiger partial charge in [0.2, 0.25) is 0 Å². The van der Waals surface area contributed by atoms with Gasteiger partial charge in [-0.25, -0.2) is 4.98 Å². The summed E-state index contributed by atoms with van der Waals surface area (Å²) in [7, 11) is 0. The molecular formula is C11H11N3OS. The van der Waals surface area contributed by atoms with Crippen molar-refractivity contribution in [3.05, 3.63) is 34.7 Å². The minimum absolute atomic E-state index is 0.351. The number of pyridine rings is 1. The van der Waals surface area contributed by atoms with E-state index in [2.05, 4.69) is 9.97 Å². The standard InChI is InChI=1S/C11H11N3OS/c1-6-5-13-4-3-8(6)9-7(2)14-11(16-9)10(12)15/h3-5H,1-2H3,(H2,12,15). The molecule has 0 aliphatic rings. The van der Waals surface area contributed by atoms with Crippen LogP contribution in [0.3, 0.4) is 0 Å². The Hall–Kier alpha value is -1.75. The van der Waals surface area contributed by atoms with Crippen molar-refractivity contribution in [1.82, 2.24) is 9.97 Å². The summed E-state index contributed by atoms with van der Waals surface area (Å²) >= 11 is 1.32. The molecule has 16 heavy (non-hydrogen) atoms. The van der Waals surface area contributed by atoms with Crippen molar-refractivity contribution in [2.45, 2.75) is 13.8 Å². The first-order valence-corrected chi connectivity index (χ1v) is 5.59. The summed E-state index contributed by atoms with van der Waals surface area (Å²) in [4.78, 5) is 20.2. The summed E-state index contributed by atoms with van der Waals surface area (Å²) in [5, 5.41) is 0.351. The van der Waals surface area contributed by atoms with Crippen LogP contribution in [-0.4, -0.2) is 15.9 Å². The molecule has 2 heterocycles. The Bertz CT molecular complexity index is 548. The number of amides is 1.